The molecule has 2 atom stereocenters. The zero-order chi connectivity index (χ0) is 15.0. The van der Waals surface area contributed by atoms with Crippen LogP contribution in [0.25, 0.3) is 0 Å². The topological polar surface area (TPSA) is 49.8 Å². The SMILES string of the molecule is CC1(C)CCCN(CC2Cc3ccccc3O2)C1C(=O)O. The van der Waals surface area contributed by atoms with E-state index in [9.17, 15) is 9.90 Å². The predicted molar refractivity (Wildman–Crippen MR) is 80.6 cm³/mol. The lowest BCUT2D eigenvalue weighted by Gasteiger charge is -2.44. The number of carboxylic acid groups (broad SMARTS) is 1. The lowest BCUT2D eigenvalue weighted by Crippen LogP contribution is -2.56. The van der Waals surface area contributed by atoms with E-state index < -0.39 is 12.0 Å². The Bertz CT molecular complexity index is 516. The number of hydrogen-bond acceptors (Lipinski definition) is 3. The van der Waals surface area contributed by atoms with Gasteiger partial charge in [-0.3, -0.25) is 9.69 Å². The van der Waals surface area contributed by atoms with Crippen molar-refractivity contribution in [1.29, 1.82) is 0 Å². The van der Waals surface area contributed by atoms with Crippen LogP contribution >= 0.6 is 0 Å². The third-order valence-corrected chi connectivity index (χ3v) is 4.76. The van der Waals surface area contributed by atoms with Gasteiger partial charge < -0.3 is 9.84 Å². The fraction of sp³-hybridized carbons (Fsp3) is 0.588. The molecule has 0 aromatic heterocycles. The quantitative estimate of drug-likeness (QED) is 0.929. The standard InChI is InChI=1S/C17H23NO3/c1-17(2)8-5-9-18(15(17)16(19)20)11-13-10-12-6-3-4-7-14(12)21-13/h3-4,6-7,13,15H,5,8-11H2,1-2H3,(H,19,20). The minimum atomic E-state index is -0.713. The Kier molecular flexibility index (Phi) is 3.66. The van der Waals surface area contributed by atoms with Gasteiger partial charge in [0.05, 0.1) is 0 Å². The van der Waals surface area contributed by atoms with Crippen molar-refractivity contribution >= 4 is 5.97 Å². The molecular weight excluding hydrogens is 266 g/mol. The number of hydrogen-bond donors (Lipinski definition) is 1. The average Bonchev–Trinajstić information content (AvgIpc) is 2.79. The van der Waals surface area contributed by atoms with Crippen LogP contribution in [-0.4, -0.2) is 41.2 Å². The van der Waals surface area contributed by atoms with Crippen molar-refractivity contribution in [3.63, 3.8) is 0 Å². The van der Waals surface area contributed by atoms with E-state index in [0.717, 1.165) is 31.6 Å². The fourth-order valence-corrected chi connectivity index (χ4v) is 3.80. The summed E-state index contributed by atoms with van der Waals surface area (Å²) in [5, 5.41) is 9.61. The minimum absolute atomic E-state index is 0.0677. The molecule has 4 nitrogen and oxygen atoms in total. The van der Waals surface area contributed by atoms with Crippen molar-refractivity contribution in [3.8, 4) is 5.75 Å². The van der Waals surface area contributed by atoms with Gasteiger partial charge in [-0.2, -0.15) is 0 Å². The van der Waals surface area contributed by atoms with E-state index in [0.29, 0.717) is 6.54 Å². The number of fused-ring (bicyclic) bond motifs is 1. The summed E-state index contributed by atoms with van der Waals surface area (Å²) in [6.07, 6.45) is 2.96. The molecule has 0 saturated carbocycles. The smallest absolute Gasteiger partial charge is 0.321 e. The van der Waals surface area contributed by atoms with E-state index in [1.54, 1.807) is 0 Å². The largest absolute Gasteiger partial charge is 0.488 e. The van der Waals surface area contributed by atoms with Gasteiger partial charge in [-0.05, 0) is 36.4 Å². The maximum atomic E-state index is 11.7. The van der Waals surface area contributed by atoms with Crippen LogP contribution < -0.4 is 4.74 Å². The van der Waals surface area contributed by atoms with Crippen LogP contribution in [0.2, 0.25) is 0 Å². The molecule has 0 amide bonds. The Morgan fingerprint density at radius 3 is 2.90 bits per heavy atom. The van der Waals surface area contributed by atoms with Gasteiger partial charge in [-0.1, -0.05) is 32.0 Å². The van der Waals surface area contributed by atoms with Crippen LogP contribution in [0, 0.1) is 5.41 Å². The molecule has 1 aromatic rings. The van der Waals surface area contributed by atoms with E-state index in [2.05, 4.69) is 24.8 Å². The number of carbonyl (C=O) groups is 1. The van der Waals surface area contributed by atoms with Gasteiger partial charge >= 0.3 is 5.97 Å². The minimum Gasteiger partial charge on any atom is -0.488 e. The van der Waals surface area contributed by atoms with Crippen molar-refractivity contribution in [2.75, 3.05) is 13.1 Å². The Labute approximate surface area is 125 Å². The lowest BCUT2D eigenvalue weighted by atomic mass is 9.76. The molecule has 0 spiro atoms. The third kappa shape index (κ3) is 2.77. The van der Waals surface area contributed by atoms with Gasteiger partial charge in [-0.15, -0.1) is 0 Å². The van der Waals surface area contributed by atoms with Crippen molar-refractivity contribution < 1.29 is 14.6 Å². The second kappa shape index (κ2) is 5.34. The highest BCUT2D eigenvalue weighted by atomic mass is 16.5. The van der Waals surface area contributed by atoms with E-state index in [1.165, 1.54) is 5.56 Å². The first-order valence-corrected chi connectivity index (χ1v) is 7.69. The molecule has 2 unspecified atom stereocenters. The first-order chi connectivity index (χ1) is 9.97. The predicted octanol–water partition coefficient (Wildman–Crippen LogP) is 2.57. The number of piperidine rings is 1. The van der Waals surface area contributed by atoms with E-state index in [1.807, 2.05) is 18.2 Å². The summed E-state index contributed by atoms with van der Waals surface area (Å²) >= 11 is 0. The van der Waals surface area contributed by atoms with Crippen LogP contribution in [0.5, 0.6) is 5.75 Å². The average molecular weight is 289 g/mol. The summed E-state index contributed by atoms with van der Waals surface area (Å²) in [6.45, 7) is 5.65. The summed E-state index contributed by atoms with van der Waals surface area (Å²) in [6, 6.07) is 7.66. The Morgan fingerprint density at radius 1 is 1.43 bits per heavy atom. The molecule has 114 valence electrons. The van der Waals surface area contributed by atoms with Gasteiger partial charge in [0.1, 0.15) is 17.9 Å². The van der Waals surface area contributed by atoms with Gasteiger partial charge in [0.2, 0.25) is 0 Å². The van der Waals surface area contributed by atoms with Gasteiger partial charge in [0.25, 0.3) is 0 Å². The molecule has 2 aliphatic heterocycles. The second-order valence-electron chi connectivity index (χ2n) is 6.88. The molecule has 1 N–H and O–H groups in total. The summed E-state index contributed by atoms with van der Waals surface area (Å²) < 4.78 is 5.97. The number of benzene rings is 1. The van der Waals surface area contributed by atoms with Crippen LogP contribution in [0.1, 0.15) is 32.3 Å². The highest BCUT2D eigenvalue weighted by Crippen LogP contribution is 2.36. The number of carboxylic acids is 1. The maximum absolute atomic E-state index is 11.7. The molecule has 2 aliphatic rings. The molecule has 4 heteroatoms. The summed E-state index contributed by atoms with van der Waals surface area (Å²) in [7, 11) is 0. The van der Waals surface area contributed by atoms with Gasteiger partial charge in [0.15, 0.2) is 0 Å². The molecule has 1 saturated heterocycles. The second-order valence-corrected chi connectivity index (χ2v) is 6.88. The monoisotopic (exact) mass is 289 g/mol. The molecule has 1 aromatic carbocycles. The third-order valence-electron chi connectivity index (χ3n) is 4.76. The molecular formula is C17H23NO3. The number of ether oxygens (including phenoxy) is 1. The van der Waals surface area contributed by atoms with Crippen LogP contribution in [-0.2, 0) is 11.2 Å². The molecule has 21 heavy (non-hydrogen) atoms. The molecule has 0 radical (unpaired) electrons. The zero-order valence-electron chi connectivity index (χ0n) is 12.7. The fourth-order valence-electron chi connectivity index (χ4n) is 3.80. The van der Waals surface area contributed by atoms with Crippen molar-refractivity contribution in [2.24, 2.45) is 5.41 Å². The molecule has 1 fully saturated rings. The highest BCUT2D eigenvalue weighted by molar-refractivity contribution is 5.74. The molecule has 3 rings (SSSR count). The summed E-state index contributed by atoms with van der Waals surface area (Å²) in [5.74, 6) is 0.237. The summed E-state index contributed by atoms with van der Waals surface area (Å²) in [5.41, 5.74) is 1.04. The number of aliphatic carboxylic acids is 1. The van der Waals surface area contributed by atoms with Crippen LogP contribution in [0.4, 0.5) is 0 Å². The van der Waals surface area contributed by atoms with Crippen molar-refractivity contribution in [3.05, 3.63) is 29.8 Å². The van der Waals surface area contributed by atoms with E-state index >= 15 is 0 Å². The molecule has 2 heterocycles. The molecule has 0 aliphatic carbocycles. The maximum Gasteiger partial charge on any atom is 0.321 e. The van der Waals surface area contributed by atoms with E-state index in [-0.39, 0.29) is 11.5 Å². The van der Waals surface area contributed by atoms with Gasteiger partial charge in [-0.25, -0.2) is 0 Å². The first-order valence-electron chi connectivity index (χ1n) is 7.69. The first kappa shape index (κ1) is 14.4. The highest BCUT2D eigenvalue weighted by Gasteiger charge is 2.43. The van der Waals surface area contributed by atoms with Crippen LogP contribution in [0.3, 0.4) is 0 Å². The van der Waals surface area contributed by atoms with Gasteiger partial charge in [0, 0.05) is 13.0 Å². The Balaban J connectivity index is 1.71. The number of rotatable bonds is 3. The molecule has 0 bridgehead atoms. The van der Waals surface area contributed by atoms with Crippen LogP contribution in [0.15, 0.2) is 24.3 Å². The Hall–Kier alpha value is -1.55. The van der Waals surface area contributed by atoms with Crippen molar-refractivity contribution in [2.45, 2.75) is 45.3 Å². The number of para-hydroxylation sites is 1. The number of nitrogens with zero attached hydrogens (tertiary/aromatic N) is 1. The lowest BCUT2D eigenvalue weighted by molar-refractivity contribution is -0.151. The number of likely N-dealkylation sites (tertiary alicyclic amines) is 1. The Morgan fingerprint density at radius 2 is 2.19 bits per heavy atom. The van der Waals surface area contributed by atoms with Crippen molar-refractivity contribution in [1.82, 2.24) is 4.90 Å². The van der Waals surface area contributed by atoms with E-state index in [4.69, 9.17) is 4.74 Å². The normalized spacial score (nSPS) is 27.9. The summed E-state index contributed by atoms with van der Waals surface area (Å²) in [4.78, 5) is 13.8. The zero-order valence-corrected chi connectivity index (χ0v) is 12.7.